The van der Waals surface area contributed by atoms with E-state index in [0.717, 1.165) is 46.3 Å². The van der Waals surface area contributed by atoms with Gasteiger partial charge in [0.25, 0.3) is 0 Å². The molecule has 1 unspecified atom stereocenters. The predicted octanol–water partition coefficient (Wildman–Crippen LogP) is 4.70. The van der Waals surface area contributed by atoms with Crippen LogP contribution in [0.3, 0.4) is 0 Å². The number of aliphatic hydroxyl groups excluding tert-OH is 1. The molecule has 0 aliphatic carbocycles. The van der Waals surface area contributed by atoms with Crippen molar-refractivity contribution in [1.29, 1.82) is 5.26 Å². The van der Waals surface area contributed by atoms with E-state index in [1.807, 2.05) is 92.0 Å². The minimum absolute atomic E-state index is 0.0876. The van der Waals surface area contributed by atoms with Gasteiger partial charge in [-0.25, -0.2) is 4.99 Å². The van der Waals surface area contributed by atoms with Crippen molar-refractivity contribution in [3.8, 4) is 6.19 Å². The average molecular weight is 593 g/mol. The zero-order valence-electron chi connectivity index (χ0n) is 24.9. The van der Waals surface area contributed by atoms with Gasteiger partial charge in [0.2, 0.25) is 17.8 Å². The number of aliphatic imine (C=N–C) groups is 1. The molecule has 1 fully saturated rings. The molecule has 5 rings (SSSR count). The Labute approximate surface area is 256 Å². The third-order valence-corrected chi connectivity index (χ3v) is 7.74. The summed E-state index contributed by atoms with van der Waals surface area (Å²) in [4.78, 5) is 34.7. The Morgan fingerprint density at radius 2 is 1.91 bits per heavy atom. The zero-order chi connectivity index (χ0) is 31.1. The van der Waals surface area contributed by atoms with Gasteiger partial charge in [0.05, 0.1) is 6.54 Å². The summed E-state index contributed by atoms with van der Waals surface area (Å²) in [6.45, 7) is 2.51. The lowest BCUT2D eigenvalue weighted by molar-refractivity contribution is -0.140. The maximum absolute atomic E-state index is 13.6. The molecular formula is C34H36N6O4. The van der Waals surface area contributed by atoms with Crippen LogP contribution in [0.25, 0.3) is 11.0 Å². The second-order valence-electron chi connectivity index (χ2n) is 11.0. The summed E-state index contributed by atoms with van der Waals surface area (Å²) < 4.78 is 5.63. The normalized spacial score (nSPS) is 16.2. The molecular weight excluding hydrogens is 556 g/mol. The number of benzene rings is 3. The van der Waals surface area contributed by atoms with Crippen molar-refractivity contribution in [2.75, 3.05) is 25.5 Å². The van der Waals surface area contributed by atoms with E-state index in [9.17, 15) is 20.0 Å². The largest absolute Gasteiger partial charge is 0.461 e. The predicted molar refractivity (Wildman–Crippen MR) is 168 cm³/mol. The molecule has 1 saturated heterocycles. The van der Waals surface area contributed by atoms with Crippen LogP contribution < -0.4 is 10.6 Å². The molecule has 226 valence electrons. The van der Waals surface area contributed by atoms with Gasteiger partial charge < -0.3 is 24.6 Å². The van der Waals surface area contributed by atoms with Crippen LogP contribution >= 0.6 is 0 Å². The number of nitrogens with zero attached hydrogens (tertiary/aromatic N) is 4. The highest BCUT2D eigenvalue weighted by molar-refractivity contribution is 5.98. The number of carbonyl (C=O) groups excluding carboxylic acids is 2. The van der Waals surface area contributed by atoms with Gasteiger partial charge in [0, 0.05) is 31.2 Å². The Morgan fingerprint density at radius 3 is 2.70 bits per heavy atom. The number of likely N-dealkylation sites (tertiary alicyclic amines) is 1. The second-order valence-corrected chi connectivity index (χ2v) is 11.0. The minimum Gasteiger partial charge on any atom is -0.461 e. The van der Waals surface area contributed by atoms with E-state index in [2.05, 4.69) is 15.6 Å². The van der Waals surface area contributed by atoms with Crippen molar-refractivity contribution in [2.24, 2.45) is 4.99 Å². The lowest BCUT2D eigenvalue weighted by atomic mass is 9.96. The van der Waals surface area contributed by atoms with Crippen LogP contribution in [-0.2, 0) is 16.1 Å². The smallest absolute Gasteiger partial charge is 0.247 e. The van der Waals surface area contributed by atoms with Gasteiger partial charge in [0.1, 0.15) is 23.5 Å². The van der Waals surface area contributed by atoms with Gasteiger partial charge in [-0.15, -0.1) is 0 Å². The minimum atomic E-state index is -0.822. The Kier molecular flexibility index (Phi) is 9.57. The summed E-state index contributed by atoms with van der Waals surface area (Å²) in [7, 11) is 1.70. The molecule has 1 aliphatic rings. The first-order valence-electron chi connectivity index (χ1n) is 14.7. The van der Waals surface area contributed by atoms with Crippen LogP contribution in [0.15, 0.2) is 88.3 Å². The number of amides is 2. The first kappa shape index (κ1) is 30.3. The summed E-state index contributed by atoms with van der Waals surface area (Å²) in [6, 6.07) is 23.6. The summed E-state index contributed by atoms with van der Waals surface area (Å²) in [5.74, 6) is 0.470. The molecule has 10 nitrogen and oxygen atoms in total. The van der Waals surface area contributed by atoms with Crippen LogP contribution in [0, 0.1) is 18.4 Å². The number of nitriles is 1. The highest BCUT2D eigenvalue weighted by Crippen LogP contribution is 2.26. The first-order valence-corrected chi connectivity index (χ1v) is 14.7. The molecule has 0 saturated carbocycles. The van der Waals surface area contributed by atoms with Crippen LogP contribution in [0.5, 0.6) is 0 Å². The first-order chi connectivity index (χ1) is 21.3. The molecule has 10 heteroatoms. The topological polar surface area (TPSA) is 134 Å². The van der Waals surface area contributed by atoms with Gasteiger partial charge in [-0.2, -0.15) is 5.26 Å². The molecule has 1 aliphatic heterocycles. The summed E-state index contributed by atoms with van der Waals surface area (Å²) in [6.07, 6.45) is 3.07. The number of fused-ring (bicyclic) bond motifs is 1. The van der Waals surface area contributed by atoms with Crippen LogP contribution in [0.4, 0.5) is 5.69 Å². The molecule has 4 aromatic rings. The number of aliphatic hydroxyl groups is 1. The van der Waals surface area contributed by atoms with Crippen molar-refractivity contribution in [3.05, 3.63) is 101 Å². The van der Waals surface area contributed by atoms with Crippen molar-refractivity contribution in [2.45, 2.75) is 44.9 Å². The molecule has 3 aromatic carbocycles. The Hall–Kier alpha value is -5.14. The van der Waals surface area contributed by atoms with E-state index in [1.54, 1.807) is 16.8 Å². The Morgan fingerprint density at radius 1 is 1.14 bits per heavy atom. The van der Waals surface area contributed by atoms with E-state index >= 15 is 0 Å². The van der Waals surface area contributed by atoms with Crippen molar-refractivity contribution in [1.82, 2.24) is 15.1 Å². The van der Waals surface area contributed by atoms with Crippen LogP contribution in [0.2, 0.25) is 0 Å². The molecule has 2 heterocycles. The fraction of sp³-hybridized carbons (Fsp3) is 0.294. The van der Waals surface area contributed by atoms with E-state index in [4.69, 9.17) is 4.42 Å². The molecule has 44 heavy (non-hydrogen) atoms. The maximum atomic E-state index is 13.6. The van der Waals surface area contributed by atoms with Gasteiger partial charge in [-0.3, -0.25) is 14.9 Å². The van der Waals surface area contributed by atoms with E-state index in [-0.39, 0.29) is 30.9 Å². The molecule has 2 amide bonds. The molecule has 0 spiro atoms. The lowest BCUT2D eigenvalue weighted by Crippen LogP contribution is -2.45. The van der Waals surface area contributed by atoms with Crippen LogP contribution in [-0.4, -0.2) is 58.9 Å². The number of aryl methyl sites for hydroxylation is 1. The van der Waals surface area contributed by atoms with Crippen molar-refractivity contribution < 1.29 is 19.1 Å². The highest BCUT2D eigenvalue weighted by atomic mass is 16.3. The SMILES string of the molecule is Cc1cc2cc(NC(=N[C@H]3CCCCN(CC(=O)N(C)Cc4ccccc4C(O)c4ccccc4)C3=O)NC#N)ccc2o1. The van der Waals surface area contributed by atoms with Gasteiger partial charge in [0.15, 0.2) is 6.19 Å². The number of furan rings is 1. The average Bonchev–Trinajstić information content (AvgIpc) is 3.32. The summed E-state index contributed by atoms with van der Waals surface area (Å²) in [5.41, 5.74) is 3.76. The Bertz CT molecular complexity index is 1690. The van der Waals surface area contributed by atoms with Crippen LogP contribution in [0.1, 0.15) is 47.8 Å². The van der Waals surface area contributed by atoms with E-state index in [1.165, 1.54) is 0 Å². The number of likely N-dealkylation sites (N-methyl/N-ethyl adjacent to an activating group) is 1. The number of hydrogen-bond acceptors (Lipinski definition) is 6. The number of guanidine groups is 1. The molecule has 2 atom stereocenters. The van der Waals surface area contributed by atoms with Gasteiger partial charge >= 0.3 is 0 Å². The number of carbonyl (C=O) groups is 2. The fourth-order valence-corrected chi connectivity index (χ4v) is 5.44. The molecule has 0 bridgehead atoms. The monoisotopic (exact) mass is 592 g/mol. The summed E-state index contributed by atoms with van der Waals surface area (Å²) >= 11 is 0. The number of nitrogens with one attached hydrogen (secondary N) is 2. The highest BCUT2D eigenvalue weighted by Gasteiger charge is 2.29. The number of rotatable bonds is 8. The van der Waals surface area contributed by atoms with Gasteiger partial charge in [-0.05, 0) is 67.1 Å². The molecule has 1 aromatic heterocycles. The number of anilines is 1. The third-order valence-electron chi connectivity index (χ3n) is 7.74. The van der Waals surface area contributed by atoms with E-state index in [0.29, 0.717) is 18.7 Å². The molecule has 0 radical (unpaired) electrons. The quantitative estimate of drug-likeness (QED) is 0.117. The summed E-state index contributed by atoms with van der Waals surface area (Å²) in [5, 5.41) is 26.9. The van der Waals surface area contributed by atoms with E-state index < -0.39 is 12.1 Å². The second kappa shape index (κ2) is 13.9. The van der Waals surface area contributed by atoms with Crippen molar-refractivity contribution >= 4 is 34.4 Å². The number of hydrogen-bond donors (Lipinski definition) is 3. The maximum Gasteiger partial charge on any atom is 0.247 e. The van der Waals surface area contributed by atoms with Gasteiger partial charge in [-0.1, -0.05) is 54.6 Å². The fourth-order valence-electron chi connectivity index (χ4n) is 5.44. The van der Waals surface area contributed by atoms with Crippen molar-refractivity contribution in [3.63, 3.8) is 0 Å². The zero-order valence-corrected chi connectivity index (χ0v) is 24.9. The molecule has 3 N–H and O–H groups in total. The lowest BCUT2D eigenvalue weighted by Gasteiger charge is -2.26. The standard InChI is InChI=1S/C34H36N6O4/c1-23-18-26-19-27(15-16-30(26)44-23)37-34(36-22-35)38-29-14-8-9-17-40(33(29)43)21-31(41)39(2)20-25-12-6-7-13-28(25)32(42)24-10-4-3-5-11-24/h3-7,10-13,15-16,18-19,29,32,42H,8-9,14,17,20-21H2,1-2H3,(H2,36,37,38)/t29-,32?/m0/s1. The third kappa shape index (κ3) is 7.25. The Balaban J connectivity index is 1.27.